The van der Waals surface area contributed by atoms with Crippen LogP contribution in [0.1, 0.15) is 5.56 Å². The van der Waals surface area contributed by atoms with Gasteiger partial charge in [-0.25, -0.2) is 9.51 Å². The normalized spacial score (nSPS) is 11.3. The molecule has 0 fully saturated rings. The first-order chi connectivity index (χ1) is 13.5. The second-order valence-electron chi connectivity index (χ2n) is 6.32. The summed E-state index contributed by atoms with van der Waals surface area (Å²) in [4.78, 5) is 2.79. The Balaban J connectivity index is 1.85. The Labute approximate surface area is 163 Å². The molecule has 1 heterocycles. The molecule has 140 valence electrons. The molecular formula is C21H18N4O2S. The average molecular weight is 390 g/mol. The molecule has 0 aliphatic heterocycles. The van der Waals surface area contributed by atoms with Crippen LogP contribution in [0.2, 0.25) is 0 Å². The number of hydrogen-bond acceptors (Lipinski definition) is 4. The van der Waals surface area contributed by atoms with E-state index in [1.165, 1.54) is 4.68 Å². The van der Waals surface area contributed by atoms with Crippen LogP contribution in [-0.2, 0) is 10.0 Å². The van der Waals surface area contributed by atoms with Crippen molar-refractivity contribution in [1.29, 1.82) is 0 Å². The van der Waals surface area contributed by atoms with Gasteiger partial charge < -0.3 is 0 Å². The molecule has 1 N–H and O–H groups in total. The summed E-state index contributed by atoms with van der Waals surface area (Å²) in [6, 6.07) is 25.2. The fourth-order valence-electron chi connectivity index (χ4n) is 2.81. The Bertz CT molecular complexity index is 1190. The molecule has 0 amide bonds. The summed E-state index contributed by atoms with van der Waals surface area (Å²) in [6.07, 6.45) is 0. The molecule has 1 aromatic heterocycles. The van der Waals surface area contributed by atoms with Crippen molar-refractivity contribution < 1.29 is 8.42 Å². The highest BCUT2D eigenvalue weighted by Gasteiger charge is 2.21. The molecular weight excluding hydrogens is 372 g/mol. The predicted molar refractivity (Wildman–Crippen MR) is 109 cm³/mol. The van der Waals surface area contributed by atoms with Gasteiger partial charge in [0.2, 0.25) is 0 Å². The molecule has 0 aliphatic carbocycles. The third-order valence-corrected chi connectivity index (χ3v) is 5.59. The molecule has 0 bridgehead atoms. The lowest BCUT2D eigenvalue weighted by Crippen LogP contribution is -2.25. The van der Waals surface area contributed by atoms with Crippen LogP contribution in [0.25, 0.3) is 22.8 Å². The highest BCUT2D eigenvalue weighted by atomic mass is 32.2. The summed E-state index contributed by atoms with van der Waals surface area (Å²) in [5.41, 5.74) is 2.61. The lowest BCUT2D eigenvalue weighted by Gasteiger charge is -2.14. The van der Waals surface area contributed by atoms with Crippen LogP contribution in [-0.4, -0.2) is 23.3 Å². The molecule has 28 heavy (non-hydrogen) atoms. The number of nitrogens with zero attached hydrogens (tertiary/aromatic N) is 3. The second kappa shape index (κ2) is 7.28. The Morgan fingerprint density at radius 3 is 1.79 bits per heavy atom. The molecule has 4 rings (SSSR count). The first-order valence-electron chi connectivity index (χ1n) is 8.70. The van der Waals surface area contributed by atoms with Crippen molar-refractivity contribution in [1.82, 2.24) is 14.9 Å². The van der Waals surface area contributed by atoms with Crippen molar-refractivity contribution >= 4 is 10.0 Å². The number of nitrogens with one attached hydrogen (secondary N) is 1. The van der Waals surface area contributed by atoms with Gasteiger partial charge in [-0.1, -0.05) is 78.4 Å². The van der Waals surface area contributed by atoms with E-state index in [9.17, 15) is 8.42 Å². The quantitative estimate of drug-likeness (QED) is 0.561. The highest BCUT2D eigenvalue weighted by molar-refractivity contribution is 7.92. The molecule has 0 spiro atoms. The highest BCUT2D eigenvalue weighted by Crippen LogP contribution is 2.25. The lowest BCUT2D eigenvalue weighted by atomic mass is 10.1. The van der Waals surface area contributed by atoms with Crippen LogP contribution in [0.15, 0.2) is 89.8 Å². The topological polar surface area (TPSA) is 76.9 Å². The second-order valence-corrected chi connectivity index (χ2v) is 7.98. The van der Waals surface area contributed by atoms with Crippen molar-refractivity contribution in [3.05, 3.63) is 90.5 Å². The van der Waals surface area contributed by atoms with Crippen LogP contribution < -0.4 is 4.83 Å². The van der Waals surface area contributed by atoms with Gasteiger partial charge in [-0.05, 0) is 19.1 Å². The van der Waals surface area contributed by atoms with Gasteiger partial charge in [-0.15, -0.1) is 10.2 Å². The maximum atomic E-state index is 12.9. The van der Waals surface area contributed by atoms with E-state index in [4.69, 9.17) is 0 Å². The SMILES string of the molecule is Cc1ccc(-c2nnc(-c3ccccc3)n2NS(=O)(=O)c2ccccc2)cc1. The van der Waals surface area contributed by atoms with Gasteiger partial charge in [0.15, 0.2) is 11.6 Å². The Hall–Kier alpha value is -3.45. The van der Waals surface area contributed by atoms with Crippen molar-refractivity contribution in [2.45, 2.75) is 11.8 Å². The van der Waals surface area contributed by atoms with Crippen molar-refractivity contribution in [3.63, 3.8) is 0 Å². The third kappa shape index (κ3) is 3.52. The smallest absolute Gasteiger partial charge is 0.213 e. The van der Waals surface area contributed by atoms with Gasteiger partial charge in [0.25, 0.3) is 10.0 Å². The molecule has 3 aromatic carbocycles. The van der Waals surface area contributed by atoms with Crippen LogP contribution >= 0.6 is 0 Å². The zero-order valence-electron chi connectivity index (χ0n) is 15.1. The molecule has 6 nitrogen and oxygen atoms in total. The fourth-order valence-corrected chi connectivity index (χ4v) is 3.84. The van der Waals surface area contributed by atoms with E-state index >= 15 is 0 Å². The maximum absolute atomic E-state index is 12.9. The van der Waals surface area contributed by atoms with Gasteiger partial charge in [0.1, 0.15) is 0 Å². The van der Waals surface area contributed by atoms with Gasteiger partial charge in [-0.2, -0.15) is 8.42 Å². The number of benzene rings is 3. The molecule has 0 atom stereocenters. The van der Waals surface area contributed by atoms with Gasteiger partial charge in [0.05, 0.1) is 4.90 Å². The number of sulfonamides is 1. The number of hydrogen-bond donors (Lipinski definition) is 1. The van der Waals surface area contributed by atoms with Crippen molar-refractivity contribution in [2.24, 2.45) is 0 Å². The molecule has 0 aliphatic rings. The Morgan fingerprint density at radius 1 is 0.714 bits per heavy atom. The predicted octanol–water partition coefficient (Wildman–Crippen LogP) is 3.85. The van der Waals surface area contributed by atoms with Crippen LogP contribution in [0.3, 0.4) is 0 Å². The standard InChI is InChI=1S/C21H18N4O2S/c1-16-12-14-18(15-13-16)21-23-22-20(17-8-4-2-5-9-17)25(21)24-28(26,27)19-10-6-3-7-11-19/h2-15,24H,1H3. The van der Waals surface area contributed by atoms with Crippen LogP contribution in [0.4, 0.5) is 0 Å². The molecule has 0 saturated heterocycles. The zero-order valence-corrected chi connectivity index (χ0v) is 16.0. The van der Waals surface area contributed by atoms with E-state index < -0.39 is 10.0 Å². The first kappa shape index (κ1) is 17.9. The molecule has 0 radical (unpaired) electrons. The molecule has 7 heteroatoms. The van der Waals surface area contributed by atoms with E-state index in [1.807, 2.05) is 61.5 Å². The van der Waals surface area contributed by atoms with Gasteiger partial charge in [0, 0.05) is 11.1 Å². The monoisotopic (exact) mass is 390 g/mol. The summed E-state index contributed by atoms with van der Waals surface area (Å²) < 4.78 is 27.3. The Morgan fingerprint density at radius 2 is 1.21 bits per heavy atom. The summed E-state index contributed by atoms with van der Waals surface area (Å²) in [5.74, 6) is 0.828. The van der Waals surface area contributed by atoms with E-state index in [0.29, 0.717) is 11.6 Å². The van der Waals surface area contributed by atoms with Crippen molar-refractivity contribution in [3.8, 4) is 22.8 Å². The number of aryl methyl sites for hydroxylation is 1. The Kier molecular flexibility index (Phi) is 4.67. The fraction of sp³-hybridized carbons (Fsp3) is 0.0476. The van der Waals surface area contributed by atoms with E-state index in [2.05, 4.69) is 15.0 Å². The minimum atomic E-state index is -3.82. The number of aromatic nitrogens is 3. The molecule has 4 aromatic rings. The van der Waals surface area contributed by atoms with Crippen molar-refractivity contribution in [2.75, 3.05) is 4.83 Å². The van der Waals surface area contributed by atoms with Crippen LogP contribution in [0.5, 0.6) is 0 Å². The van der Waals surface area contributed by atoms with E-state index in [1.54, 1.807) is 30.3 Å². The molecule has 0 unspecified atom stereocenters. The largest absolute Gasteiger partial charge is 0.275 e. The first-order valence-corrected chi connectivity index (χ1v) is 10.2. The average Bonchev–Trinajstić information content (AvgIpc) is 3.13. The summed E-state index contributed by atoms with van der Waals surface area (Å²) in [5, 5.41) is 8.51. The molecule has 0 saturated carbocycles. The zero-order chi connectivity index (χ0) is 19.6. The minimum Gasteiger partial charge on any atom is -0.213 e. The van der Waals surface area contributed by atoms with E-state index in [-0.39, 0.29) is 4.90 Å². The van der Waals surface area contributed by atoms with Gasteiger partial charge >= 0.3 is 0 Å². The summed E-state index contributed by atoms with van der Waals surface area (Å²) in [7, 11) is -3.82. The maximum Gasteiger partial charge on any atom is 0.275 e. The van der Waals surface area contributed by atoms with E-state index in [0.717, 1.165) is 16.7 Å². The van der Waals surface area contributed by atoms with Gasteiger partial charge in [-0.3, -0.25) is 0 Å². The third-order valence-electron chi connectivity index (χ3n) is 4.27. The van der Waals surface area contributed by atoms with Crippen LogP contribution in [0, 0.1) is 6.92 Å². The summed E-state index contributed by atoms with van der Waals surface area (Å²) in [6.45, 7) is 1.99. The summed E-state index contributed by atoms with van der Waals surface area (Å²) >= 11 is 0. The lowest BCUT2D eigenvalue weighted by molar-refractivity contribution is 0.595. The number of rotatable bonds is 5. The minimum absolute atomic E-state index is 0.164.